The zero-order chi connectivity index (χ0) is 22.2. The van der Waals surface area contributed by atoms with Gasteiger partial charge in [-0.3, -0.25) is 0 Å². The maximum atomic E-state index is 11.9. The Bertz CT molecular complexity index is 1230. The summed E-state index contributed by atoms with van der Waals surface area (Å²) in [6.07, 6.45) is 3.12. The lowest BCUT2D eigenvalue weighted by atomic mass is 9.87. The Balaban J connectivity index is 1.51. The zero-order valence-electron chi connectivity index (χ0n) is 17.8. The lowest BCUT2D eigenvalue weighted by Gasteiger charge is -2.22. The van der Waals surface area contributed by atoms with E-state index in [1.165, 1.54) is 28.5 Å². The molecule has 6 heteroatoms. The van der Waals surface area contributed by atoms with Gasteiger partial charge in [0, 0.05) is 25.0 Å². The molecular formula is C25H27NO4S. The van der Waals surface area contributed by atoms with E-state index in [-0.39, 0.29) is 10.5 Å². The molecule has 1 heterocycles. The Morgan fingerprint density at radius 3 is 2.61 bits per heavy atom. The molecule has 0 aromatic heterocycles. The summed E-state index contributed by atoms with van der Waals surface area (Å²) in [4.78, 5) is 13.7. The van der Waals surface area contributed by atoms with Gasteiger partial charge in [-0.2, -0.15) is 0 Å². The van der Waals surface area contributed by atoms with Gasteiger partial charge in [0.1, 0.15) is 0 Å². The third-order valence-corrected chi connectivity index (χ3v) is 7.44. The first-order chi connectivity index (χ1) is 14.7. The highest BCUT2D eigenvalue weighted by Gasteiger charge is 2.27. The summed E-state index contributed by atoms with van der Waals surface area (Å²) in [5.41, 5.74) is 1.97. The van der Waals surface area contributed by atoms with Gasteiger partial charge in [-0.1, -0.05) is 49.4 Å². The van der Waals surface area contributed by atoms with Gasteiger partial charge in [0.05, 0.1) is 10.5 Å². The summed E-state index contributed by atoms with van der Waals surface area (Å²) in [7, 11) is -3.59. The molecule has 1 fully saturated rings. The minimum Gasteiger partial charge on any atom is -0.478 e. The molecule has 0 amide bonds. The second-order valence-electron chi connectivity index (χ2n) is 8.56. The minimum atomic E-state index is -3.59. The topological polar surface area (TPSA) is 74.7 Å². The van der Waals surface area contributed by atoms with Crippen molar-refractivity contribution in [3.63, 3.8) is 0 Å². The predicted molar refractivity (Wildman–Crippen MR) is 124 cm³/mol. The van der Waals surface area contributed by atoms with Gasteiger partial charge >= 0.3 is 5.97 Å². The summed E-state index contributed by atoms with van der Waals surface area (Å²) < 4.78 is 23.8. The van der Waals surface area contributed by atoms with Crippen LogP contribution in [0.4, 0.5) is 5.69 Å². The minimum absolute atomic E-state index is 0.135. The van der Waals surface area contributed by atoms with Gasteiger partial charge in [0.25, 0.3) is 0 Å². The van der Waals surface area contributed by atoms with Crippen molar-refractivity contribution in [1.29, 1.82) is 0 Å². The van der Waals surface area contributed by atoms with E-state index in [2.05, 4.69) is 54.3 Å². The third-order valence-electron chi connectivity index (χ3n) is 6.29. The summed E-state index contributed by atoms with van der Waals surface area (Å²) in [6, 6.07) is 19.6. The Labute approximate surface area is 183 Å². The van der Waals surface area contributed by atoms with Crippen LogP contribution in [0.2, 0.25) is 0 Å². The smallest absolute Gasteiger partial charge is 0.337 e. The van der Waals surface area contributed by atoms with Crippen molar-refractivity contribution in [3.05, 3.63) is 71.8 Å². The number of fused-ring (bicyclic) bond motifs is 1. The zero-order valence-corrected chi connectivity index (χ0v) is 18.6. The largest absolute Gasteiger partial charge is 0.478 e. The second-order valence-corrected chi connectivity index (χ2v) is 10.5. The SMILES string of the molecule is C[C@@H](C[C@H]1CCN(c2ccc(S(C)(=O)=O)c(C(=O)O)c2)C1)c1cccc2ccccc12. The second kappa shape index (κ2) is 8.35. The van der Waals surface area contributed by atoms with Gasteiger partial charge < -0.3 is 10.0 Å². The van der Waals surface area contributed by atoms with Crippen LogP contribution in [0.5, 0.6) is 0 Å². The molecule has 0 spiro atoms. The average Bonchev–Trinajstić information content (AvgIpc) is 3.20. The fourth-order valence-corrected chi connectivity index (χ4v) is 5.63. The number of carboxylic acid groups (broad SMARTS) is 1. The number of carboxylic acids is 1. The lowest BCUT2D eigenvalue weighted by molar-refractivity contribution is 0.0692. The molecule has 31 heavy (non-hydrogen) atoms. The van der Waals surface area contributed by atoms with Crippen molar-refractivity contribution in [2.75, 3.05) is 24.2 Å². The van der Waals surface area contributed by atoms with Crippen molar-refractivity contribution in [2.24, 2.45) is 5.92 Å². The van der Waals surface area contributed by atoms with E-state index < -0.39 is 15.8 Å². The van der Waals surface area contributed by atoms with E-state index in [4.69, 9.17) is 0 Å². The highest BCUT2D eigenvalue weighted by atomic mass is 32.2. The van der Waals surface area contributed by atoms with Crippen LogP contribution in [-0.4, -0.2) is 38.8 Å². The number of hydrogen-bond acceptors (Lipinski definition) is 4. The molecule has 3 aromatic rings. The van der Waals surface area contributed by atoms with E-state index in [1.807, 2.05) is 0 Å². The molecule has 1 saturated heterocycles. The van der Waals surface area contributed by atoms with Crippen molar-refractivity contribution < 1.29 is 18.3 Å². The third kappa shape index (κ3) is 4.44. The molecule has 1 N–H and O–H groups in total. The monoisotopic (exact) mass is 437 g/mol. The quantitative estimate of drug-likeness (QED) is 0.590. The van der Waals surface area contributed by atoms with Crippen LogP contribution in [0.15, 0.2) is 65.6 Å². The molecule has 4 rings (SSSR count). The van der Waals surface area contributed by atoms with E-state index in [0.717, 1.165) is 37.9 Å². The average molecular weight is 438 g/mol. The lowest BCUT2D eigenvalue weighted by Crippen LogP contribution is -2.21. The molecule has 0 radical (unpaired) electrons. The fourth-order valence-electron chi connectivity index (χ4n) is 4.77. The molecule has 0 aliphatic carbocycles. The molecule has 3 aromatic carbocycles. The molecule has 0 saturated carbocycles. The summed E-state index contributed by atoms with van der Waals surface area (Å²) in [5.74, 6) is -0.308. The number of carbonyl (C=O) groups is 1. The number of hydrogen-bond donors (Lipinski definition) is 1. The normalized spacial score (nSPS) is 17.7. The van der Waals surface area contributed by atoms with E-state index >= 15 is 0 Å². The number of nitrogens with zero attached hydrogens (tertiary/aromatic N) is 1. The number of benzene rings is 3. The molecule has 1 aliphatic rings. The Morgan fingerprint density at radius 2 is 1.87 bits per heavy atom. The molecule has 1 aliphatic heterocycles. The first-order valence-corrected chi connectivity index (χ1v) is 12.4. The maximum Gasteiger partial charge on any atom is 0.337 e. The van der Waals surface area contributed by atoms with Crippen molar-refractivity contribution in [2.45, 2.75) is 30.6 Å². The first kappa shape index (κ1) is 21.4. The summed E-state index contributed by atoms with van der Waals surface area (Å²) >= 11 is 0. The van der Waals surface area contributed by atoms with Crippen LogP contribution in [0, 0.1) is 5.92 Å². The van der Waals surface area contributed by atoms with Gasteiger partial charge in [-0.05, 0) is 59.2 Å². The van der Waals surface area contributed by atoms with Gasteiger partial charge in [0.15, 0.2) is 9.84 Å². The highest BCUT2D eigenvalue weighted by Crippen LogP contribution is 2.35. The van der Waals surface area contributed by atoms with Crippen molar-refractivity contribution >= 4 is 32.3 Å². The van der Waals surface area contributed by atoms with Crippen LogP contribution >= 0.6 is 0 Å². The molecule has 2 atom stereocenters. The summed E-state index contributed by atoms with van der Waals surface area (Å²) in [5, 5.41) is 12.1. The van der Waals surface area contributed by atoms with Crippen LogP contribution in [0.25, 0.3) is 10.8 Å². The Hall–Kier alpha value is -2.86. The fraction of sp³-hybridized carbons (Fsp3) is 0.320. The number of rotatable bonds is 6. The van der Waals surface area contributed by atoms with Crippen LogP contribution in [0.3, 0.4) is 0 Å². The Kier molecular flexibility index (Phi) is 5.75. The van der Waals surface area contributed by atoms with Gasteiger partial charge in [0.2, 0.25) is 0 Å². The highest BCUT2D eigenvalue weighted by molar-refractivity contribution is 7.90. The van der Waals surface area contributed by atoms with Crippen LogP contribution < -0.4 is 4.90 Å². The van der Waals surface area contributed by atoms with Crippen LogP contribution in [-0.2, 0) is 9.84 Å². The molecule has 0 unspecified atom stereocenters. The standard InChI is InChI=1S/C25H27NO4S/c1-17(21-9-5-7-19-6-3-4-8-22(19)21)14-18-12-13-26(16-18)20-10-11-24(31(2,29)30)23(15-20)25(27)28/h3-11,15,17-18H,12-14,16H2,1-2H3,(H,27,28)/t17-,18+/m0/s1. The van der Waals surface area contributed by atoms with Crippen molar-refractivity contribution in [1.82, 2.24) is 0 Å². The van der Waals surface area contributed by atoms with E-state index in [1.54, 1.807) is 6.07 Å². The van der Waals surface area contributed by atoms with Crippen LogP contribution in [0.1, 0.15) is 41.6 Å². The van der Waals surface area contributed by atoms with Gasteiger partial charge in [-0.15, -0.1) is 0 Å². The first-order valence-electron chi connectivity index (χ1n) is 10.5. The molecule has 162 valence electrons. The number of anilines is 1. The number of aromatic carboxylic acids is 1. The van der Waals surface area contributed by atoms with E-state index in [9.17, 15) is 18.3 Å². The molecule has 0 bridgehead atoms. The Morgan fingerprint density at radius 1 is 1.13 bits per heavy atom. The molecule has 5 nitrogen and oxygen atoms in total. The van der Waals surface area contributed by atoms with Crippen molar-refractivity contribution in [3.8, 4) is 0 Å². The van der Waals surface area contributed by atoms with Gasteiger partial charge in [-0.25, -0.2) is 13.2 Å². The molecular weight excluding hydrogens is 410 g/mol. The predicted octanol–water partition coefficient (Wildman–Crippen LogP) is 4.96. The van der Waals surface area contributed by atoms with E-state index in [0.29, 0.717) is 11.8 Å². The number of sulfone groups is 1. The maximum absolute atomic E-state index is 11.9. The summed E-state index contributed by atoms with van der Waals surface area (Å²) in [6.45, 7) is 3.95.